The summed E-state index contributed by atoms with van der Waals surface area (Å²) in [6.07, 6.45) is 3.87. The van der Waals surface area contributed by atoms with Gasteiger partial charge < -0.3 is 4.74 Å². The van der Waals surface area contributed by atoms with Crippen molar-refractivity contribution in [3.05, 3.63) is 22.7 Å². The Bertz CT molecular complexity index is 493. The zero-order valence-electron chi connectivity index (χ0n) is 8.86. The summed E-state index contributed by atoms with van der Waals surface area (Å²) in [6.45, 7) is 4.22. The summed E-state index contributed by atoms with van der Waals surface area (Å²) < 4.78 is 7.83. The standard InChI is InChI=1S/C10H12BrN3O/c1-6(2)7-4-14-5-8(11)13-10(15-3)9(14)12-7/h4-6H,1-3H3. The minimum Gasteiger partial charge on any atom is -0.478 e. The molecule has 0 saturated carbocycles. The SMILES string of the molecule is COc1nc(Br)cn2cc(C(C)C)nc12. The fourth-order valence-electron chi connectivity index (χ4n) is 1.37. The zero-order valence-corrected chi connectivity index (χ0v) is 10.4. The van der Waals surface area contributed by atoms with Gasteiger partial charge in [-0.05, 0) is 21.8 Å². The van der Waals surface area contributed by atoms with Crippen molar-refractivity contribution >= 4 is 21.6 Å². The van der Waals surface area contributed by atoms with Crippen LogP contribution in [0.15, 0.2) is 17.0 Å². The third kappa shape index (κ3) is 1.84. The van der Waals surface area contributed by atoms with E-state index in [1.807, 2.05) is 16.8 Å². The smallest absolute Gasteiger partial charge is 0.259 e. The molecule has 0 radical (unpaired) electrons. The van der Waals surface area contributed by atoms with E-state index in [2.05, 4.69) is 39.7 Å². The van der Waals surface area contributed by atoms with E-state index in [4.69, 9.17) is 4.74 Å². The van der Waals surface area contributed by atoms with Crippen LogP contribution in [-0.4, -0.2) is 21.5 Å². The van der Waals surface area contributed by atoms with Crippen LogP contribution in [0.2, 0.25) is 0 Å². The van der Waals surface area contributed by atoms with Crippen LogP contribution in [-0.2, 0) is 0 Å². The normalized spacial score (nSPS) is 11.3. The molecule has 2 aromatic heterocycles. The number of aromatic nitrogens is 3. The summed E-state index contributed by atoms with van der Waals surface area (Å²) >= 11 is 3.33. The molecule has 0 N–H and O–H groups in total. The molecule has 0 fully saturated rings. The van der Waals surface area contributed by atoms with Crippen LogP contribution in [0.1, 0.15) is 25.5 Å². The van der Waals surface area contributed by atoms with Gasteiger partial charge in [0.1, 0.15) is 4.60 Å². The number of hydrogen-bond acceptors (Lipinski definition) is 3. The van der Waals surface area contributed by atoms with Crippen molar-refractivity contribution in [3.8, 4) is 5.88 Å². The Morgan fingerprint density at radius 1 is 1.33 bits per heavy atom. The molecule has 15 heavy (non-hydrogen) atoms. The first-order valence-electron chi connectivity index (χ1n) is 4.71. The predicted octanol–water partition coefficient (Wildman–Crippen LogP) is 2.62. The van der Waals surface area contributed by atoms with Crippen LogP contribution in [0.3, 0.4) is 0 Å². The van der Waals surface area contributed by atoms with Crippen molar-refractivity contribution in [1.82, 2.24) is 14.4 Å². The molecule has 0 amide bonds. The molecule has 0 unspecified atom stereocenters. The van der Waals surface area contributed by atoms with Crippen molar-refractivity contribution in [3.63, 3.8) is 0 Å². The number of ether oxygens (including phenoxy) is 1. The van der Waals surface area contributed by atoms with Gasteiger partial charge in [0.05, 0.1) is 12.8 Å². The predicted molar refractivity (Wildman–Crippen MR) is 61.3 cm³/mol. The van der Waals surface area contributed by atoms with Gasteiger partial charge in [0.2, 0.25) is 5.65 Å². The van der Waals surface area contributed by atoms with Crippen molar-refractivity contribution in [2.75, 3.05) is 7.11 Å². The summed E-state index contributed by atoms with van der Waals surface area (Å²) in [5.41, 5.74) is 1.79. The van der Waals surface area contributed by atoms with Crippen LogP contribution >= 0.6 is 15.9 Å². The average molecular weight is 270 g/mol. The summed E-state index contributed by atoms with van der Waals surface area (Å²) in [7, 11) is 1.60. The Kier molecular flexibility index (Phi) is 2.65. The molecule has 5 heteroatoms. The van der Waals surface area contributed by atoms with Gasteiger partial charge in [-0.2, -0.15) is 0 Å². The summed E-state index contributed by atoms with van der Waals surface area (Å²) in [4.78, 5) is 8.68. The third-order valence-electron chi connectivity index (χ3n) is 2.18. The molecule has 2 rings (SSSR count). The molecule has 0 aromatic carbocycles. The summed E-state index contributed by atoms with van der Waals surface area (Å²) in [5, 5.41) is 0. The molecule has 0 spiro atoms. The van der Waals surface area contributed by atoms with E-state index < -0.39 is 0 Å². The highest BCUT2D eigenvalue weighted by Gasteiger charge is 2.11. The fraction of sp³-hybridized carbons (Fsp3) is 0.400. The van der Waals surface area contributed by atoms with E-state index >= 15 is 0 Å². The van der Waals surface area contributed by atoms with Crippen LogP contribution in [0.4, 0.5) is 0 Å². The third-order valence-corrected chi connectivity index (χ3v) is 2.56. The molecule has 2 aromatic rings. The first kappa shape index (κ1) is 10.4. The molecule has 2 heterocycles. The highest BCUT2D eigenvalue weighted by molar-refractivity contribution is 9.10. The number of methoxy groups -OCH3 is 1. The molecule has 0 aliphatic rings. The number of rotatable bonds is 2. The molecular weight excluding hydrogens is 258 g/mol. The maximum atomic E-state index is 5.18. The Labute approximate surface area is 96.4 Å². The van der Waals surface area contributed by atoms with Crippen molar-refractivity contribution in [2.45, 2.75) is 19.8 Å². The summed E-state index contributed by atoms with van der Waals surface area (Å²) in [6, 6.07) is 0. The van der Waals surface area contributed by atoms with Gasteiger partial charge in [-0.1, -0.05) is 13.8 Å². The average Bonchev–Trinajstić information content (AvgIpc) is 2.59. The van der Waals surface area contributed by atoms with Gasteiger partial charge in [-0.25, -0.2) is 9.97 Å². The van der Waals surface area contributed by atoms with Crippen LogP contribution in [0.25, 0.3) is 5.65 Å². The fourth-order valence-corrected chi connectivity index (χ4v) is 1.76. The van der Waals surface area contributed by atoms with E-state index in [-0.39, 0.29) is 0 Å². The van der Waals surface area contributed by atoms with Gasteiger partial charge >= 0.3 is 0 Å². The van der Waals surface area contributed by atoms with Gasteiger partial charge in [0.25, 0.3) is 5.88 Å². The largest absolute Gasteiger partial charge is 0.478 e. The number of nitrogens with zero attached hydrogens (tertiary/aromatic N) is 3. The van der Waals surface area contributed by atoms with E-state index in [1.54, 1.807) is 7.11 Å². The van der Waals surface area contributed by atoms with Crippen LogP contribution in [0, 0.1) is 0 Å². The van der Waals surface area contributed by atoms with Crippen molar-refractivity contribution in [2.24, 2.45) is 0 Å². The molecule has 0 bridgehead atoms. The lowest BCUT2D eigenvalue weighted by Gasteiger charge is -2.00. The zero-order chi connectivity index (χ0) is 11.0. The van der Waals surface area contributed by atoms with E-state index in [0.717, 1.165) is 15.9 Å². The highest BCUT2D eigenvalue weighted by atomic mass is 79.9. The van der Waals surface area contributed by atoms with Gasteiger partial charge in [-0.15, -0.1) is 0 Å². The lowest BCUT2D eigenvalue weighted by Crippen LogP contribution is -1.94. The number of hydrogen-bond donors (Lipinski definition) is 0. The molecule has 0 atom stereocenters. The second kappa shape index (κ2) is 3.81. The molecule has 0 aliphatic heterocycles. The van der Waals surface area contributed by atoms with E-state index in [9.17, 15) is 0 Å². The van der Waals surface area contributed by atoms with Crippen molar-refractivity contribution < 1.29 is 4.74 Å². The summed E-state index contributed by atoms with van der Waals surface area (Å²) in [5.74, 6) is 0.935. The highest BCUT2D eigenvalue weighted by Crippen LogP contribution is 2.22. The van der Waals surface area contributed by atoms with Gasteiger partial charge in [0.15, 0.2) is 0 Å². The molecule has 4 nitrogen and oxygen atoms in total. The van der Waals surface area contributed by atoms with Crippen LogP contribution in [0.5, 0.6) is 5.88 Å². The Hall–Kier alpha value is -1.10. The Balaban J connectivity index is 2.68. The quantitative estimate of drug-likeness (QED) is 0.842. The second-order valence-corrected chi connectivity index (χ2v) is 4.44. The first-order valence-corrected chi connectivity index (χ1v) is 5.50. The molecule has 0 saturated heterocycles. The number of halogens is 1. The minimum atomic E-state index is 0.397. The minimum absolute atomic E-state index is 0.397. The van der Waals surface area contributed by atoms with Gasteiger partial charge in [-0.3, -0.25) is 4.40 Å². The van der Waals surface area contributed by atoms with Crippen molar-refractivity contribution in [1.29, 1.82) is 0 Å². The molecule has 0 aliphatic carbocycles. The maximum absolute atomic E-state index is 5.18. The number of imidazole rings is 1. The Morgan fingerprint density at radius 3 is 2.67 bits per heavy atom. The van der Waals surface area contributed by atoms with E-state index in [0.29, 0.717) is 11.8 Å². The lowest BCUT2D eigenvalue weighted by atomic mass is 10.2. The van der Waals surface area contributed by atoms with Gasteiger partial charge in [0, 0.05) is 12.4 Å². The monoisotopic (exact) mass is 269 g/mol. The topological polar surface area (TPSA) is 39.4 Å². The maximum Gasteiger partial charge on any atom is 0.259 e. The lowest BCUT2D eigenvalue weighted by molar-refractivity contribution is 0.399. The molecule has 80 valence electrons. The number of fused-ring (bicyclic) bond motifs is 1. The Morgan fingerprint density at radius 2 is 2.07 bits per heavy atom. The van der Waals surface area contributed by atoms with E-state index in [1.165, 1.54) is 0 Å². The first-order chi connectivity index (χ1) is 7.11. The molecular formula is C10H12BrN3O. The van der Waals surface area contributed by atoms with Crippen LogP contribution < -0.4 is 4.74 Å². The second-order valence-electron chi connectivity index (χ2n) is 3.62.